The van der Waals surface area contributed by atoms with Crippen LogP contribution in [0.3, 0.4) is 0 Å². The molecule has 1 aliphatic heterocycles. The molecule has 0 saturated carbocycles. The average Bonchev–Trinajstić information content (AvgIpc) is 2.80. The molecule has 1 fully saturated rings. The molecule has 1 saturated heterocycles. The minimum absolute atomic E-state index is 0.248. The summed E-state index contributed by atoms with van der Waals surface area (Å²) in [5.41, 5.74) is 2.62. The van der Waals surface area contributed by atoms with Crippen LogP contribution in [-0.4, -0.2) is 30.8 Å². The van der Waals surface area contributed by atoms with Gasteiger partial charge >= 0.3 is 0 Å². The molecule has 1 aromatic rings. The van der Waals surface area contributed by atoms with Crippen LogP contribution >= 0.6 is 0 Å². The van der Waals surface area contributed by atoms with Crippen LogP contribution in [-0.2, 0) is 6.54 Å². The van der Waals surface area contributed by atoms with Gasteiger partial charge in [-0.25, -0.2) is 0 Å². The van der Waals surface area contributed by atoms with E-state index in [1.165, 1.54) is 17.7 Å². The van der Waals surface area contributed by atoms with Crippen molar-refractivity contribution >= 4 is 5.69 Å². The first-order chi connectivity index (χ1) is 9.27. The van der Waals surface area contributed by atoms with Gasteiger partial charge in [0, 0.05) is 18.8 Å². The molecule has 2 rings (SSSR count). The lowest BCUT2D eigenvalue weighted by atomic mass is 10.0. The molecule has 2 N–H and O–H groups in total. The van der Waals surface area contributed by atoms with Crippen molar-refractivity contribution in [2.75, 3.05) is 24.6 Å². The standard InChI is InChI=1S/C16H26N2O/c1-3-9-17-11-14-6-4-5-7-15(14)18-10-8-13(2)16(18)12-19/h4-7,13,16-17,19H,3,8-12H2,1-2H3. The molecule has 0 amide bonds. The monoisotopic (exact) mass is 262 g/mol. The Bertz CT molecular complexity index is 394. The van der Waals surface area contributed by atoms with Crippen molar-refractivity contribution in [2.24, 2.45) is 5.92 Å². The quantitative estimate of drug-likeness (QED) is 0.773. The van der Waals surface area contributed by atoms with Crippen LogP contribution in [0.4, 0.5) is 5.69 Å². The van der Waals surface area contributed by atoms with Crippen LogP contribution < -0.4 is 10.2 Å². The molecule has 1 aromatic carbocycles. The lowest BCUT2D eigenvalue weighted by Gasteiger charge is -2.29. The van der Waals surface area contributed by atoms with Crippen LogP contribution in [0.25, 0.3) is 0 Å². The second-order valence-corrected chi connectivity index (χ2v) is 5.51. The van der Waals surface area contributed by atoms with Crippen LogP contribution in [0.5, 0.6) is 0 Å². The van der Waals surface area contributed by atoms with Gasteiger partial charge in [0.1, 0.15) is 0 Å². The van der Waals surface area contributed by atoms with E-state index in [0.717, 1.165) is 26.1 Å². The average molecular weight is 262 g/mol. The van der Waals surface area contributed by atoms with Gasteiger partial charge in [0.25, 0.3) is 0 Å². The predicted molar refractivity (Wildman–Crippen MR) is 80.4 cm³/mol. The van der Waals surface area contributed by atoms with Crippen LogP contribution in [0.15, 0.2) is 24.3 Å². The molecule has 2 unspecified atom stereocenters. The second kappa shape index (κ2) is 6.92. The zero-order valence-electron chi connectivity index (χ0n) is 12.1. The van der Waals surface area contributed by atoms with Gasteiger partial charge < -0.3 is 15.3 Å². The van der Waals surface area contributed by atoms with Gasteiger partial charge in [0.05, 0.1) is 12.6 Å². The van der Waals surface area contributed by atoms with E-state index < -0.39 is 0 Å². The summed E-state index contributed by atoms with van der Waals surface area (Å²) in [6.07, 6.45) is 2.32. The number of hydrogen-bond donors (Lipinski definition) is 2. The minimum Gasteiger partial charge on any atom is -0.394 e. The number of nitrogens with zero attached hydrogens (tertiary/aromatic N) is 1. The van der Waals surface area contributed by atoms with Crippen molar-refractivity contribution in [3.63, 3.8) is 0 Å². The summed E-state index contributed by atoms with van der Waals surface area (Å²) in [5.74, 6) is 0.571. The molecule has 106 valence electrons. The normalized spacial score (nSPS) is 23.0. The predicted octanol–water partition coefficient (Wildman–Crippen LogP) is 2.39. The van der Waals surface area contributed by atoms with Crippen molar-refractivity contribution in [1.82, 2.24) is 5.32 Å². The number of aliphatic hydroxyl groups excluding tert-OH is 1. The zero-order chi connectivity index (χ0) is 13.7. The third-order valence-corrected chi connectivity index (χ3v) is 4.11. The zero-order valence-corrected chi connectivity index (χ0v) is 12.1. The molecule has 3 heteroatoms. The number of benzene rings is 1. The molecule has 19 heavy (non-hydrogen) atoms. The maximum Gasteiger partial charge on any atom is 0.0637 e. The highest BCUT2D eigenvalue weighted by Crippen LogP contribution is 2.31. The summed E-state index contributed by atoms with van der Waals surface area (Å²) in [4.78, 5) is 2.38. The van der Waals surface area contributed by atoms with Crippen molar-refractivity contribution in [3.05, 3.63) is 29.8 Å². The second-order valence-electron chi connectivity index (χ2n) is 5.51. The Morgan fingerprint density at radius 2 is 2.16 bits per heavy atom. The Morgan fingerprint density at radius 1 is 1.37 bits per heavy atom. The summed E-state index contributed by atoms with van der Waals surface area (Å²) in [5, 5.41) is 13.1. The number of nitrogens with one attached hydrogen (secondary N) is 1. The van der Waals surface area contributed by atoms with Crippen LogP contribution in [0, 0.1) is 5.92 Å². The summed E-state index contributed by atoms with van der Waals surface area (Å²) in [7, 11) is 0. The number of para-hydroxylation sites is 1. The third-order valence-electron chi connectivity index (χ3n) is 4.11. The van der Waals surface area contributed by atoms with Crippen molar-refractivity contribution in [1.29, 1.82) is 0 Å². The van der Waals surface area contributed by atoms with Gasteiger partial charge in [-0.2, -0.15) is 0 Å². The molecule has 0 aromatic heterocycles. The van der Waals surface area contributed by atoms with E-state index in [1.54, 1.807) is 0 Å². The Kier molecular flexibility index (Phi) is 5.23. The first-order valence-electron chi connectivity index (χ1n) is 7.44. The molecule has 1 aliphatic rings. The van der Waals surface area contributed by atoms with E-state index in [9.17, 15) is 5.11 Å². The first-order valence-corrected chi connectivity index (χ1v) is 7.44. The Morgan fingerprint density at radius 3 is 2.89 bits per heavy atom. The van der Waals surface area contributed by atoms with E-state index in [0.29, 0.717) is 5.92 Å². The number of anilines is 1. The Labute approximate surface area is 116 Å². The van der Waals surface area contributed by atoms with Gasteiger partial charge in [-0.05, 0) is 36.9 Å². The molecule has 1 heterocycles. The third kappa shape index (κ3) is 3.28. The minimum atomic E-state index is 0.248. The van der Waals surface area contributed by atoms with Crippen molar-refractivity contribution < 1.29 is 5.11 Å². The van der Waals surface area contributed by atoms with E-state index in [1.807, 2.05) is 0 Å². The van der Waals surface area contributed by atoms with Crippen LogP contribution in [0.1, 0.15) is 32.3 Å². The van der Waals surface area contributed by atoms with E-state index in [-0.39, 0.29) is 12.6 Å². The molecule has 0 radical (unpaired) electrons. The molecular formula is C16H26N2O. The van der Waals surface area contributed by atoms with Gasteiger partial charge in [0.2, 0.25) is 0 Å². The molecule has 3 nitrogen and oxygen atoms in total. The van der Waals surface area contributed by atoms with Gasteiger partial charge in [-0.1, -0.05) is 32.0 Å². The van der Waals surface area contributed by atoms with Gasteiger partial charge in [-0.15, -0.1) is 0 Å². The van der Waals surface area contributed by atoms with E-state index >= 15 is 0 Å². The molecule has 0 spiro atoms. The van der Waals surface area contributed by atoms with Crippen LogP contribution in [0.2, 0.25) is 0 Å². The summed E-state index contributed by atoms with van der Waals surface area (Å²) >= 11 is 0. The fraction of sp³-hybridized carbons (Fsp3) is 0.625. The topological polar surface area (TPSA) is 35.5 Å². The van der Waals surface area contributed by atoms with Gasteiger partial charge in [-0.3, -0.25) is 0 Å². The summed E-state index contributed by atoms with van der Waals surface area (Å²) in [6.45, 7) is 7.68. The molecule has 0 bridgehead atoms. The number of aliphatic hydroxyl groups is 1. The Balaban J connectivity index is 2.14. The van der Waals surface area contributed by atoms with Gasteiger partial charge in [0.15, 0.2) is 0 Å². The van der Waals surface area contributed by atoms with Crippen molar-refractivity contribution in [3.8, 4) is 0 Å². The number of rotatable bonds is 6. The fourth-order valence-corrected chi connectivity index (χ4v) is 2.93. The highest BCUT2D eigenvalue weighted by atomic mass is 16.3. The SMILES string of the molecule is CCCNCc1ccccc1N1CCC(C)C1CO. The summed E-state index contributed by atoms with van der Waals surface area (Å²) in [6, 6.07) is 8.84. The smallest absolute Gasteiger partial charge is 0.0637 e. The van der Waals surface area contributed by atoms with Crippen molar-refractivity contribution in [2.45, 2.75) is 39.3 Å². The van der Waals surface area contributed by atoms with E-state index in [2.05, 4.69) is 48.3 Å². The van der Waals surface area contributed by atoms with E-state index in [4.69, 9.17) is 0 Å². The maximum atomic E-state index is 9.62. The maximum absolute atomic E-state index is 9.62. The molecule has 2 atom stereocenters. The summed E-state index contributed by atoms with van der Waals surface area (Å²) < 4.78 is 0. The molecular weight excluding hydrogens is 236 g/mol. The fourth-order valence-electron chi connectivity index (χ4n) is 2.93. The first kappa shape index (κ1) is 14.4. The highest BCUT2D eigenvalue weighted by Gasteiger charge is 2.31. The Hall–Kier alpha value is -1.06. The molecule has 0 aliphatic carbocycles. The lowest BCUT2D eigenvalue weighted by molar-refractivity contribution is 0.244. The lowest BCUT2D eigenvalue weighted by Crippen LogP contribution is -2.36. The largest absolute Gasteiger partial charge is 0.394 e. The number of hydrogen-bond acceptors (Lipinski definition) is 3. The highest BCUT2D eigenvalue weighted by molar-refractivity contribution is 5.55.